The van der Waals surface area contributed by atoms with Gasteiger partial charge in [0.25, 0.3) is 0 Å². The molecule has 0 aliphatic heterocycles. The Hall–Kier alpha value is -4.02. The lowest BCUT2D eigenvalue weighted by atomic mass is 9.84. The maximum Gasteiger partial charge on any atom is 0.407 e. The molecule has 0 saturated heterocycles. The number of ether oxygens (including phenoxy) is 3. The number of carbonyl (C=O) groups excluding carboxylic acids is 2. The summed E-state index contributed by atoms with van der Waals surface area (Å²) in [6.45, 7) is 5.48. The van der Waals surface area contributed by atoms with Crippen molar-refractivity contribution >= 4 is 12.1 Å². The van der Waals surface area contributed by atoms with E-state index in [4.69, 9.17) is 14.2 Å². The van der Waals surface area contributed by atoms with E-state index in [1.165, 1.54) is 0 Å². The molecule has 210 valence electrons. The lowest BCUT2D eigenvalue weighted by Crippen LogP contribution is -2.44. The number of nitrogens with one attached hydrogen (secondary N) is 1. The number of alkyl halides is 1. The third kappa shape index (κ3) is 7.10. The van der Waals surface area contributed by atoms with Gasteiger partial charge in [-0.2, -0.15) is 0 Å². The van der Waals surface area contributed by atoms with Crippen molar-refractivity contribution in [1.29, 1.82) is 0 Å². The van der Waals surface area contributed by atoms with Gasteiger partial charge in [0.1, 0.15) is 24.2 Å². The predicted octanol–water partition coefficient (Wildman–Crippen LogP) is 4.84. The average molecular weight is 542 g/mol. The van der Waals surface area contributed by atoms with Gasteiger partial charge in [-0.25, -0.2) is 23.6 Å². The number of aromatic nitrogens is 4. The van der Waals surface area contributed by atoms with Crippen molar-refractivity contribution in [3.8, 4) is 17.1 Å². The number of hydrogen-bond acceptors (Lipinski definition) is 8. The molecule has 1 aliphatic carbocycles. The number of hydrogen-bond donors (Lipinski definition) is 1. The second kappa shape index (κ2) is 12.2. The summed E-state index contributed by atoms with van der Waals surface area (Å²) < 4.78 is 33.4. The summed E-state index contributed by atoms with van der Waals surface area (Å²) in [4.78, 5) is 29.2. The van der Waals surface area contributed by atoms with E-state index in [-0.39, 0.29) is 33.5 Å². The van der Waals surface area contributed by atoms with Crippen molar-refractivity contribution in [2.45, 2.75) is 77.5 Å². The lowest BCUT2D eigenvalue weighted by molar-refractivity contribution is -0.166. The molecule has 1 aliphatic rings. The highest BCUT2D eigenvalue weighted by atomic mass is 19.1. The number of amides is 1. The number of benzene rings is 1. The van der Waals surface area contributed by atoms with Crippen LogP contribution in [0.25, 0.3) is 11.4 Å². The summed E-state index contributed by atoms with van der Waals surface area (Å²) in [5.41, 5.74) is 1.11. The van der Waals surface area contributed by atoms with Gasteiger partial charge in [0.2, 0.25) is 5.67 Å². The first-order valence-corrected chi connectivity index (χ1v) is 13.0. The molecule has 0 spiro atoms. The Labute approximate surface area is 228 Å². The molecule has 0 unspecified atom stereocenters. The van der Waals surface area contributed by atoms with Gasteiger partial charge in [0.05, 0.1) is 29.7 Å². The third-order valence-corrected chi connectivity index (χ3v) is 6.49. The first-order valence-electron chi connectivity index (χ1n) is 13.0. The second-order valence-corrected chi connectivity index (χ2v) is 9.96. The summed E-state index contributed by atoms with van der Waals surface area (Å²) in [6, 6.07) is 12.9. The van der Waals surface area contributed by atoms with Crippen LogP contribution < -0.4 is 10.1 Å². The van der Waals surface area contributed by atoms with E-state index in [9.17, 15) is 9.59 Å². The van der Waals surface area contributed by atoms with Crippen LogP contribution in [-0.2, 0) is 34.5 Å². The number of pyridine rings is 1. The summed E-state index contributed by atoms with van der Waals surface area (Å²) in [5, 5.41) is 11.0. The quantitative estimate of drug-likeness (QED) is 0.383. The van der Waals surface area contributed by atoms with Crippen LogP contribution in [0.15, 0.2) is 42.5 Å². The molecule has 1 N–H and O–H groups in total. The van der Waals surface area contributed by atoms with Gasteiger partial charge in [-0.1, -0.05) is 35.5 Å². The molecular weight excluding hydrogens is 505 g/mol. The maximum atomic E-state index is 15.3. The number of rotatable bonds is 9. The highest BCUT2D eigenvalue weighted by molar-refractivity contribution is 5.79. The number of aryl methyl sites for hydroxylation is 2. The molecule has 3 aromatic rings. The number of halogens is 1. The number of alkyl carbamates (subject to hydrolysis) is 1. The predicted molar refractivity (Wildman–Crippen MR) is 143 cm³/mol. The normalized spacial score (nSPS) is 19.0. The molecule has 2 heterocycles. The molecule has 4 rings (SSSR count). The van der Waals surface area contributed by atoms with Crippen LogP contribution in [0.4, 0.5) is 9.18 Å². The summed E-state index contributed by atoms with van der Waals surface area (Å²) >= 11 is 0. The molecule has 0 bridgehead atoms. The summed E-state index contributed by atoms with van der Waals surface area (Å²) in [6.07, 6.45) is -0.227. The second-order valence-electron chi connectivity index (χ2n) is 9.96. The summed E-state index contributed by atoms with van der Waals surface area (Å²) in [5.74, 6) is -0.331. The first kappa shape index (κ1) is 28.0. The van der Waals surface area contributed by atoms with Crippen molar-refractivity contribution in [3.05, 3.63) is 59.4 Å². The highest BCUT2D eigenvalue weighted by Crippen LogP contribution is 2.36. The molecule has 1 saturated carbocycles. The van der Waals surface area contributed by atoms with E-state index in [1.807, 2.05) is 30.3 Å². The Morgan fingerprint density at radius 2 is 2.00 bits per heavy atom. The Morgan fingerprint density at radius 1 is 1.23 bits per heavy atom. The van der Waals surface area contributed by atoms with Crippen molar-refractivity contribution in [1.82, 2.24) is 25.3 Å². The number of nitrogens with zero attached hydrogens (tertiary/aromatic N) is 4. The van der Waals surface area contributed by atoms with Crippen LogP contribution in [0.3, 0.4) is 0 Å². The Kier molecular flexibility index (Phi) is 8.78. The molecule has 2 atom stereocenters. The zero-order valence-electron chi connectivity index (χ0n) is 22.6. The molecule has 39 heavy (non-hydrogen) atoms. The minimum absolute atomic E-state index is 0. The van der Waals surface area contributed by atoms with Crippen LogP contribution in [0.5, 0.6) is 5.75 Å². The van der Waals surface area contributed by atoms with Crippen LogP contribution in [-0.4, -0.2) is 49.9 Å². The van der Waals surface area contributed by atoms with Crippen LogP contribution in [0, 0.1) is 6.92 Å². The van der Waals surface area contributed by atoms with E-state index in [0.717, 1.165) is 5.56 Å². The average Bonchev–Trinajstić information content (AvgIpc) is 3.27. The standard InChI is InChI=1S/C28H34FN5O5.H2/c1-18(2)38-26(35)28(29)14-8-11-21(15-28)39-24-13-12-22(31-19(24)3)25-23(34(4)33-32-25)16-30-27(36)37-17-20-9-6-5-7-10-20;/h5-7,9-10,12-13,18,21H,8,11,14-17H2,1-4H3,(H,30,36);1H/t21-,28+;/m0./s1. The fourth-order valence-electron chi connectivity index (χ4n) is 4.47. The molecule has 10 nitrogen and oxygen atoms in total. The smallest absolute Gasteiger partial charge is 0.407 e. The van der Waals surface area contributed by atoms with E-state index in [2.05, 4.69) is 20.6 Å². The van der Waals surface area contributed by atoms with Crippen molar-refractivity contribution < 1.29 is 29.6 Å². The van der Waals surface area contributed by atoms with Gasteiger partial charge < -0.3 is 19.5 Å². The fraction of sp³-hybridized carbons (Fsp3) is 0.464. The van der Waals surface area contributed by atoms with E-state index < -0.39 is 23.8 Å². The molecule has 2 aromatic heterocycles. The largest absolute Gasteiger partial charge is 0.488 e. The van der Waals surface area contributed by atoms with Gasteiger partial charge in [-0.15, -0.1) is 5.10 Å². The minimum atomic E-state index is -2.06. The van der Waals surface area contributed by atoms with Gasteiger partial charge >= 0.3 is 12.1 Å². The third-order valence-electron chi connectivity index (χ3n) is 6.49. The molecular formula is C28H36FN5O5. The number of esters is 1. The van der Waals surface area contributed by atoms with Crippen LogP contribution in [0.1, 0.15) is 57.9 Å². The SMILES string of the molecule is Cc1nc(-c2nnn(C)c2CNC(=O)OCc2ccccc2)ccc1O[C@H]1CCC[C@](F)(C(=O)OC(C)C)C1.[HH]. The van der Waals surface area contributed by atoms with Crippen molar-refractivity contribution in [3.63, 3.8) is 0 Å². The fourth-order valence-corrected chi connectivity index (χ4v) is 4.47. The van der Waals surface area contributed by atoms with Gasteiger partial charge in [0.15, 0.2) is 0 Å². The minimum Gasteiger partial charge on any atom is -0.488 e. The first-order chi connectivity index (χ1) is 18.6. The molecule has 0 radical (unpaired) electrons. The molecule has 1 amide bonds. The van der Waals surface area contributed by atoms with E-state index in [0.29, 0.717) is 41.4 Å². The van der Waals surface area contributed by atoms with E-state index in [1.54, 1.807) is 44.6 Å². The Balaban J connectivity index is 0.00000441. The number of carbonyl (C=O) groups is 2. The van der Waals surface area contributed by atoms with Crippen LogP contribution in [0.2, 0.25) is 0 Å². The summed E-state index contributed by atoms with van der Waals surface area (Å²) in [7, 11) is 1.73. The van der Waals surface area contributed by atoms with E-state index >= 15 is 4.39 Å². The lowest BCUT2D eigenvalue weighted by Gasteiger charge is -2.33. The Morgan fingerprint density at radius 3 is 2.72 bits per heavy atom. The van der Waals surface area contributed by atoms with Crippen molar-refractivity contribution in [2.75, 3.05) is 0 Å². The maximum absolute atomic E-state index is 15.3. The molecule has 11 heteroatoms. The van der Waals surface area contributed by atoms with Gasteiger partial charge in [-0.3, -0.25) is 0 Å². The van der Waals surface area contributed by atoms with Crippen LogP contribution >= 0.6 is 0 Å². The zero-order valence-corrected chi connectivity index (χ0v) is 22.6. The zero-order chi connectivity index (χ0) is 28.0. The monoisotopic (exact) mass is 541 g/mol. The topological polar surface area (TPSA) is 117 Å². The molecule has 1 fully saturated rings. The van der Waals surface area contributed by atoms with Gasteiger partial charge in [-0.05, 0) is 57.7 Å². The van der Waals surface area contributed by atoms with Crippen molar-refractivity contribution in [2.24, 2.45) is 7.05 Å². The molecule has 1 aromatic carbocycles. The highest BCUT2D eigenvalue weighted by Gasteiger charge is 2.46. The van der Waals surface area contributed by atoms with Gasteiger partial charge in [0, 0.05) is 14.9 Å². The Bertz CT molecular complexity index is 1310.